The van der Waals surface area contributed by atoms with Gasteiger partial charge in [0, 0.05) is 6.20 Å². The van der Waals surface area contributed by atoms with Gasteiger partial charge in [0.05, 0.1) is 11.7 Å². The molecule has 0 aliphatic carbocycles. The number of benzene rings is 1. The van der Waals surface area contributed by atoms with Crippen LogP contribution in [-0.2, 0) is 6.42 Å². The second-order valence-corrected chi connectivity index (χ2v) is 5.21. The summed E-state index contributed by atoms with van der Waals surface area (Å²) in [5.41, 5.74) is 7.89. The molecule has 0 aliphatic rings. The van der Waals surface area contributed by atoms with Crippen molar-refractivity contribution in [3.8, 4) is 0 Å². The van der Waals surface area contributed by atoms with Crippen molar-refractivity contribution < 1.29 is 4.39 Å². The van der Waals surface area contributed by atoms with Crippen LogP contribution < -0.4 is 11.3 Å². The Morgan fingerprint density at radius 3 is 2.60 bits per heavy atom. The lowest BCUT2D eigenvalue weighted by Crippen LogP contribution is -2.31. The van der Waals surface area contributed by atoms with Crippen LogP contribution in [0.15, 0.2) is 30.5 Å². The van der Waals surface area contributed by atoms with E-state index < -0.39 is 0 Å². The molecule has 2 rings (SSSR count). The van der Waals surface area contributed by atoms with Gasteiger partial charge >= 0.3 is 0 Å². The molecule has 0 saturated heterocycles. The zero-order chi connectivity index (χ0) is 14.7. The quantitative estimate of drug-likeness (QED) is 0.665. The Labute approximate surface area is 119 Å². The minimum atomic E-state index is -0.227. The fourth-order valence-corrected chi connectivity index (χ4v) is 2.41. The third-order valence-electron chi connectivity index (χ3n) is 3.52. The van der Waals surface area contributed by atoms with Crippen molar-refractivity contribution in [2.24, 2.45) is 5.84 Å². The predicted octanol–water partition coefficient (Wildman–Crippen LogP) is 2.89. The molecule has 1 atom stereocenters. The first-order chi connectivity index (χ1) is 9.51. The van der Waals surface area contributed by atoms with Crippen molar-refractivity contribution in [3.63, 3.8) is 0 Å². The van der Waals surface area contributed by atoms with Crippen LogP contribution in [0.2, 0.25) is 0 Å². The van der Waals surface area contributed by atoms with Crippen LogP contribution in [-0.4, -0.2) is 4.98 Å². The molecule has 0 fully saturated rings. The summed E-state index contributed by atoms with van der Waals surface area (Å²) in [6.07, 6.45) is 2.43. The van der Waals surface area contributed by atoms with Gasteiger partial charge < -0.3 is 0 Å². The predicted molar refractivity (Wildman–Crippen MR) is 78.6 cm³/mol. The molecule has 3 N–H and O–H groups in total. The zero-order valence-electron chi connectivity index (χ0n) is 12.1. The van der Waals surface area contributed by atoms with E-state index in [0.717, 1.165) is 27.9 Å². The Bertz CT molecular complexity index is 611. The molecule has 1 heterocycles. The molecule has 2 aromatic rings. The van der Waals surface area contributed by atoms with Gasteiger partial charge in [-0.25, -0.2) is 4.39 Å². The summed E-state index contributed by atoms with van der Waals surface area (Å²) in [7, 11) is 0. The molecule has 106 valence electrons. The van der Waals surface area contributed by atoms with E-state index in [9.17, 15) is 4.39 Å². The van der Waals surface area contributed by atoms with Crippen LogP contribution in [0.4, 0.5) is 4.39 Å². The Morgan fingerprint density at radius 2 is 1.95 bits per heavy atom. The van der Waals surface area contributed by atoms with E-state index in [4.69, 9.17) is 5.84 Å². The van der Waals surface area contributed by atoms with E-state index in [1.807, 2.05) is 27.0 Å². The monoisotopic (exact) mass is 273 g/mol. The van der Waals surface area contributed by atoms with Crippen molar-refractivity contribution >= 4 is 0 Å². The van der Waals surface area contributed by atoms with E-state index in [1.54, 1.807) is 12.1 Å². The summed E-state index contributed by atoms with van der Waals surface area (Å²) in [6, 6.07) is 6.76. The molecule has 0 amide bonds. The molecule has 0 radical (unpaired) electrons. The van der Waals surface area contributed by atoms with Gasteiger partial charge in [0.1, 0.15) is 5.82 Å². The number of halogens is 1. The van der Waals surface area contributed by atoms with E-state index in [2.05, 4.69) is 16.5 Å². The standard InChI is InChI=1S/C16H20FN3/c1-10-6-12(3)16(19-9-10)15(20-18)8-13-7-14(17)5-4-11(13)2/h4-7,9,15,20H,8,18H2,1-3H3. The van der Waals surface area contributed by atoms with Crippen LogP contribution in [0.1, 0.15) is 34.0 Å². The first-order valence-electron chi connectivity index (χ1n) is 6.65. The number of hydrogen-bond acceptors (Lipinski definition) is 3. The van der Waals surface area contributed by atoms with Crippen LogP contribution >= 0.6 is 0 Å². The topological polar surface area (TPSA) is 50.9 Å². The van der Waals surface area contributed by atoms with Crippen molar-refractivity contribution in [1.82, 2.24) is 10.4 Å². The summed E-state index contributed by atoms with van der Waals surface area (Å²) in [5, 5.41) is 0. The molecule has 1 aromatic carbocycles. The van der Waals surface area contributed by atoms with E-state index in [0.29, 0.717) is 6.42 Å². The lowest BCUT2D eigenvalue weighted by atomic mass is 9.97. The average molecular weight is 273 g/mol. The average Bonchev–Trinajstić information content (AvgIpc) is 2.40. The molecular formula is C16H20FN3. The van der Waals surface area contributed by atoms with Crippen LogP contribution in [0.3, 0.4) is 0 Å². The molecule has 3 nitrogen and oxygen atoms in total. The number of aromatic nitrogens is 1. The number of nitrogens with zero attached hydrogens (tertiary/aromatic N) is 1. The fraction of sp³-hybridized carbons (Fsp3) is 0.312. The normalized spacial score (nSPS) is 12.4. The van der Waals surface area contributed by atoms with Crippen molar-refractivity contribution in [3.05, 3.63) is 64.2 Å². The molecule has 0 aliphatic heterocycles. The second kappa shape index (κ2) is 6.11. The van der Waals surface area contributed by atoms with Gasteiger partial charge in [0.15, 0.2) is 0 Å². The number of aryl methyl sites for hydroxylation is 3. The Morgan fingerprint density at radius 1 is 1.20 bits per heavy atom. The summed E-state index contributed by atoms with van der Waals surface area (Å²) in [5.74, 6) is 5.44. The number of nitrogens with one attached hydrogen (secondary N) is 1. The SMILES string of the molecule is Cc1cnc(C(Cc2cc(F)ccc2C)NN)c(C)c1. The van der Waals surface area contributed by atoms with Gasteiger partial charge in [0.25, 0.3) is 0 Å². The van der Waals surface area contributed by atoms with Crippen molar-refractivity contribution in [2.75, 3.05) is 0 Å². The maximum Gasteiger partial charge on any atom is 0.123 e. The van der Waals surface area contributed by atoms with Gasteiger partial charge in [0.2, 0.25) is 0 Å². The summed E-state index contributed by atoms with van der Waals surface area (Å²) in [6.45, 7) is 5.99. The summed E-state index contributed by atoms with van der Waals surface area (Å²) in [4.78, 5) is 4.46. The number of hydrogen-bond donors (Lipinski definition) is 2. The number of rotatable bonds is 4. The molecule has 0 bridgehead atoms. The highest BCUT2D eigenvalue weighted by atomic mass is 19.1. The maximum atomic E-state index is 13.4. The Hall–Kier alpha value is -1.78. The third-order valence-corrected chi connectivity index (χ3v) is 3.52. The molecule has 0 spiro atoms. The van der Waals surface area contributed by atoms with Gasteiger partial charge in [-0.3, -0.25) is 16.3 Å². The second-order valence-electron chi connectivity index (χ2n) is 5.21. The number of hydrazine groups is 1. The van der Waals surface area contributed by atoms with Crippen LogP contribution in [0.5, 0.6) is 0 Å². The fourth-order valence-electron chi connectivity index (χ4n) is 2.41. The van der Waals surface area contributed by atoms with Crippen molar-refractivity contribution in [2.45, 2.75) is 33.2 Å². The van der Waals surface area contributed by atoms with E-state index >= 15 is 0 Å². The lowest BCUT2D eigenvalue weighted by molar-refractivity contribution is 0.531. The molecule has 20 heavy (non-hydrogen) atoms. The first-order valence-corrected chi connectivity index (χ1v) is 6.65. The number of nitrogens with two attached hydrogens (primary N) is 1. The zero-order valence-corrected chi connectivity index (χ0v) is 12.1. The third kappa shape index (κ3) is 3.21. The molecule has 1 unspecified atom stereocenters. The van der Waals surface area contributed by atoms with Gasteiger partial charge in [-0.15, -0.1) is 0 Å². The van der Waals surface area contributed by atoms with Gasteiger partial charge in [-0.1, -0.05) is 12.1 Å². The highest BCUT2D eigenvalue weighted by Gasteiger charge is 2.16. The highest BCUT2D eigenvalue weighted by molar-refractivity contribution is 5.31. The maximum absolute atomic E-state index is 13.4. The molecule has 0 saturated carbocycles. The van der Waals surface area contributed by atoms with Gasteiger partial charge in [-0.2, -0.15) is 0 Å². The lowest BCUT2D eigenvalue weighted by Gasteiger charge is -2.19. The number of pyridine rings is 1. The van der Waals surface area contributed by atoms with Crippen molar-refractivity contribution in [1.29, 1.82) is 0 Å². The molecule has 1 aromatic heterocycles. The van der Waals surface area contributed by atoms with Crippen LogP contribution in [0.25, 0.3) is 0 Å². The Balaban J connectivity index is 2.31. The molecular weight excluding hydrogens is 253 g/mol. The first kappa shape index (κ1) is 14.6. The van der Waals surface area contributed by atoms with Crippen LogP contribution in [0, 0.1) is 26.6 Å². The minimum absolute atomic E-state index is 0.129. The largest absolute Gasteiger partial charge is 0.271 e. The smallest absolute Gasteiger partial charge is 0.123 e. The van der Waals surface area contributed by atoms with E-state index in [-0.39, 0.29) is 11.9 Å². The minimum Gasteiger partial charge on any atom is -0.271 e. The highest BCUT2D eigenvalue weighted by Crippen LogP contribution is 2.22. The van der Waals surface area contributed by atoms with Gasteiger partial charge in [-0.05, 0) is 61.6 Å². The molecule has 4 heteroatoms. The summed E-state index contributed by atoms with van der Waals surface area (Å²) >= 11 is 0. The Kier molecular flexibility index (Phi) is 4.47. The van der Waals surface area contributed by atoms with E-state index in [1.165, 1.54) is 6.07 Å². The summed E-state index contributed by atoms with van der Waals surface area (Å²) < 4.78 is 13.4.